The van der Waals surface area contributed by atoms with Crippen molar-refractivity contribution in [2.75, 3.05) is 5.32 Å². The number of anilines is 1. The molecule has 3 rings (SSSR count). The Morgan fingerprint density at radius 3 is 2.92 bits per heavy atom. The first-order valence-corrected chi connectivity index (χ1v) is 8.32. The van der Waals surface area contributed by atoms with E-state index >= 15 is 0 Å². The van der Waals surface area contributed by atoms with Crippen molar-refractivity contribution in [1.82, 2.24) is 15.1 Å². The van der Waals surface area contributed by atoms with Gasteiger partial charge in [-0.25, -0.2) is 0 Å². The van der Waals surface area contributed by atoms with Gasteiger partial charge in [-0.3, -0.25) is 14.3 Å². The maximum absolute atomic E-state index is 12.6. The van der Waals surface area contributed by atoms with E-state index in [9.17, 15) is 9.59 Å². The van der Waals surface area contributed by atoms with Crippen LogP contribution in [0, 0.1) is 6.92 Å². The topological polar surface area (TPSA) is 85.2 Å². The molecular weight excluding hydrogens is 344 g/mol. The van der Waals surface area contributed by atoms with Gasteiger partial charge in [0.25, 0.3) is 17.4 Å². The summed E-state index contributed by atoms with van der Waals surface area (Å²) in [5, 5.41) is 10.1. The zero-order valence-electron chi connectivity index (χ0n) is 14.2. The molecule has 2 aromatic rings. The van der Waals surface area contributed by atoms with Crippen molar-refractivity contribution in [3.8, 4) is 5.75 Å². The standard InChI is InChI=1S/C17H19ClN4O3/c1-4-22-10(2)11(9-20-22)8-19-15(23)17(3)16(24)21-13-7-12(18)5-6-14(13)25-17/h5-7,9H,4,8H2,1-3H3,(H,19,23)(H,21,24). The van der Waals surface area contributed by atoms with Crippen molar-refractivity contribution in [2.45, 2.75) is 39.5 Å². The van der Waals surface area contributed by atoms with Gasteiger partial charge in [0.15, 0.2) is 0 Å². The highest BCUT2D eigenvalue weighted by atomic mass is 35.5. The number of hydrogen-bond acceptors (Lipinski definition) is 4. The van der Waals surface area contributed by atoms with Crippen molar-refractivity contribution in [3.63, 3.8) is 0 Å². The van der Waals surface area contributed by atoms with Gasteiger partial charge in [-0.2, -0.15) is 5.10 Å². The number of amides is 2. The van der Waals surface area contributed by atoms with Crippen molar-refractivity contribution in [3.05, 3.63) is 40.7 Å². The zero-order valence-corrected chi connectivity index (χ0v) is 15.0. The highest BCUT2D eigenvalue weighted by Crippen LogP contribution is 2.35. The van der Waals surface area contributed by atoms with Crippen LogP contribution in [0.15, 0.2) is 24.4 Å². The number of halogens is 1. The first kappa shape index (κ1) is 17.3. The molecule has 0 spiro atoms. The molecule has 7 nitrogen and oxygen atoms in total. The lowest BCUT2D eigenvalue weighted by Crippen LogP contribution is -2.58. The Labute approximate surface area is 150 Å². The number of hydrogen-bond donors (Lipinski definition) is 2. The fraction of sp³-hybridized carbons (Fsp3) is 0.353. The summed E-state index contributed by atoms with van der Waals surface area (Å²) >= 11 is 5.91. The summed E-state index contributed by atoms with van der Waals surface area (Å²) in [7, 11) is 0. The number of carbonyl (C=O) groups is 2. The zero-order chi connectivity index (χ0) is 18.2. The molecule has 2 amide bonds. The lowest BCUT2D eigenvalue weighted by molar-refractivity contribution is -0.146. The SMILES string of the molecule is CCn1ncc(CNC(=O)C2(C)Oc3ccc(Cl)cc3NC2=O)c1C. The molecule has 0 bridgehead atoms. The monoisotopic (exact) mass is 362 g/mol. The molecule has 1 atom stereocenters. The van der Waals surface area contributed by atoms with Gasteiger partial charge in [0.05, 0.1) is 11.9 Å². The summed E-state index contributed by atoms with van der Waals surface area (Å²) in [5.74, 6) is -0.661. The van der Waals surface area contributed by atoms with E-state index in [0.29, 0.717) is 16.5 Å². The minimum atomic E-state index is -1.66. The average Bonchev–Trinajstić information content (AvgIpc) is 2.94. The average molecular weight is 363 g/mol. The molecule has 2 heterocycles. The maximum atomic E-state index is 12.6. The number of nitrogens with zero attached hydrogens (tertiary/aromatic N) is 2. The van der Waals surface area contributed by atoms with Crippen LogP contribution in [-0.2, 0) is 22.7 Å². The quantitative estimate of drug-likeness (QED) is 0.817. The molecule has 25 heavy (non-hydrogen) atoms. The van der Waals surface area contributed by atoms with Crippen LogP contribution in [0.1, 0.15) is 25.1 Å². The minimum Gasteiger partial charge on any atom is -0.466 e. The number of aromatic nitrogens is 2. The lowest BCUT2D eigenvalue weighted by Gasteiger charge is -2.33. The van der Waals surface area contributed by atoms with Crippen LogP contribution in [0.2, 0.25) is 5.02 Å². The third kappa shape index (κ3) is 3.07. The Balaban J connectivity index is 1.75. The summed E-state index contributed by atoms with van der Waals surface area (Å²) < 4.78 is 7.53. The number of benzene rings is 1. The van der Waals surface area contributed by atoms with E-state index in [1.165, 1.54) is 6.92 Å². The minimum absolute atomic E-state index is 0.268. The van der Waals surface area contributed by atoms with Gasteiger partial charge in [-0.15, -0.1) is 0 Å². The second kappa shape index (κ2) is 6.40. The number of carbonyl (C=O) groups excluding carboxylic acids is 2. The first-order valence-electron chi connectivity index (χ1n) is 7.94. The molecule has 2 N–H and O–H groups in total. The molecule has 0 saturated heterocycles. The van der Waals surface area contributed by atoms with Crippen LogP contribution in [0.3, 0.4) is 0 Å². The molecule has 1 aliphatic rings. The van der Waals surface area contributed by atoms with Crippen molar-refractivity contribution < 1.29 is 14.3 Å². The molecule has 0 aliphatic carbocycles. The van der Waals surface area contributed by atoms with Crippen molar-refractivity contribution >= 4 is 29.1 Å². The van der Waals surface area contributed by atoms with Gasteiger partial charge in [-0.05, 0) is 39.0 Å². The fourth-order valence-electron chi connectivity index (χ4n) is 2.67. The molecular formula is C17H19ClN4O3. The van der Waals surface area contributed by atoms with Gasteiger partial charge < -0.3 is 15.4 Å². The van der Waals surface area contributed by atoms with Gasteiger partial charge in [0.2, 0.25) is 0 Å². The van der Waals surface area contributed by atoms with E-state index in [0.717, 1.165) is 17.8 Å². The van der Waals surface area contributed by atoms with Crippen molar-refractivity contribution in [2.24, 2.45) is 0 Å². The third-order valence-corrected chi connectivity index (χ3v) is 4.55. The molecule has 1 aromatic carbocycles. The second-order valence-electron chi connectivity index (χ2n) is 5.98. The molecule has 0 saturated carbocycles. The second-order valence-corrected chi connectivity index (χ2v) is 6.42. The number of nitrogens with one attached hydrogen (secondary N) is 2. The predicted octanol–water partition coefficient (Wildman–Crippen LogP) is 2.27. The Morgan fingerprint density at radius 2 is 2.24 bits per heavy atom. The first-order chi connectivity index (χ1) is 11.8. The molecule has 132 valence electrons. The molecule has 0 fully saturated rings. The van der Waals surface area contributed by atoms with Crippen LogP contribution < -0.4 is 15.4 Å². The van der Waals surface area contributed by atoms with Gasteiger partial charge in [-0.1, -0.05) is 11.6 Å². The van der Waals surface area contributed by atoms with Crippen molar-refractivity contribution in [1.29, 1.82) is 0 Å². The molecule has 1 aliphatic heterocycles. The molecule has 1 aromatic heterocycles. The summed E-state index contributed by atoms with van der Waals surface area (Å²) in [6.07, 6.45) is 1.71. The van der Waals surface area contributed by atoms with E-state index in [1.54, 1.807) is 24.4 Å². The fourth-order valence-corrected chi connectivity index (χ4v) is 2.84. The summed E-state index contributed by atoms with van der Waals surface area (Å²) in [6, 6.07) is 4.84. The molecule has 0 radical (unpaired) electrons. The lowest BCUT2D eigenvalue weighted by atomic mass is 10.0. The van der Waals surface area contributed by atoms with Crippen LogP contribution in [0.4, 0.5) is 5.69 Å². The Kier molecular flexibility index (Phi) is 4.43. The number of ether oxygens (including phenoxy) is 1. The Hall–Kier alpha value is -2.54. The van der Waals surface area contributed by atoms with Crippen LogP contribution in [-0.4, -0.2) is 27.2 Å². The predicted molar refractivity (Wildman–Crippen MR) is 93.6 cm³/mol. The largest absolute Gasteiger partial charge is 0.466 e. The molecule has 1 unspecified atom stereocenters. The van der Waals surface area contributed by atoms with E-state index in [2.05, 4.69) is 15.7 Å². The Morgan fingerprint density at radius 1 is 1.48 bits per heavy atom. The summed E-state index contributed by atoms with van der Waals surface area (Å²) in [6.45, 7) is 6.39. The van der Waals surface area contributed by atoms with E-state index in [1.807, 2.05) is 18.5 Å². The van der Waals surface area contributed by atoms with Crippen LogP contribution in [0.25, 0.3) is 0 Å². The van der Waals surface area contributed by atoms with Gasteiger partial charge >= 0.3 is 0 Å². The van der Waals surface area contributed by atoms with Crippen LogP contribution >= 0.6 is 11.6 Å². The number of fused-ring (bicyclic) bond motifs is 1. The third-order valence-electron chi connectivity index (χ3n) is 4.31. The highest BCUT2D eigenvalue weighted by molar-refractivity contribution is 6.31. The van der Waals surface area contributed by atoms with Gasteiger partial charge in [0.1, 0.15) is 5.75 Å². The number of aryl methyl sites for hydroxylation is 1. The highest BCUT2D eigenvalue weighted by Gasteiger charge is 2.47. The van der Waals surface area contributed by atoms with E-state index in [-0.39, 0.29) is 6.54 Å². The van der Waals surface area contributed by atoms with Gasteiger partial charge in [0, 0.05) is 29.4 Å². The van der Waals surface area contributed by atoms with E-state index < -0.39 is 17.4 Å². The Bertz CT molecular complexity index is 848. The molecule has 8 heteroatoms. The van der Waals surface area contributed by atoms with Crippen LogP contribution in [0.5, 0.6) is 5.75 Å². The smallest absolute Gasteiger partial charge is 0.278 e. The summed E-state index contributed by atoms with van der Waals surface area (Å²) in [5.41, 5.74) is 0.655. The van der Waals surface area contributed by atoms with E-state index in [4.69, 9.17) is 16.3 Å². The maximum Gasteiger partial charge on any atom is 0.278 e. The number of rotatable bonds is 4. The summed E-state index contributed by atoms with van der Waals surface area (Å²) in [4.78, 5) is 25.0. The normalized spacial score (nSPS) is 19.0.